The zero-order chi connectivity index (χ0) is 23.1. The lowest BCUT2D eigenvalue weighted by Crippen LogP contribution is -2.29. The molecule has 0 aliphatic heterocycles. The first kappa shape index (κ1) is 23.1. The molecule has 0 fully saturated rings. The summed E-state index contributed by atoms with van der Waals surface area (Å²) in [6, 6.07) is 15.4. The summed E-state index contributed by atoms with van der Waals surface area (Å²) in [6.45, 7) is 1.75. The Morgan fingerprint density at radius 3 is 2.59 bits per heavy atom. The summed E-state index contributed by atoms with van der Waals surface area (Å²) in [5, 5.41) is 14.4. The molecule has 32 heavy (non-hydrogen) atoms. The second-order valence-corrected chi connectivity index (χ2v) is 7.95. The van der Waals surface area contributed by atoms with Gasteiger partial charge in [-0.3, -0.25) is 4.79 Å². The molecule has 7 nitrogen and oxygen atoms in total. The van der Waals surface area contributed by atoms with Crippen LogP contribution in [0.2, 0.25) is 5.02 Å². The number of halogens is 1. The Bertz CT molecular complexity index is 1150. The standard InChI is InChI=1S/C23H19ClN2O5S/c1-14(21(27)26-22-17(12-25)9-10-32-22)31-23(28)16-5-8-19(20(11-16)29-2)30-13-15-3-6-18(24)7-4-15/h3-11,14H,13H2,1-2H3,(H,26,27). The zero-order valence-electron chi connectivity index (χ0n) is 17.3. The van der Waals surface area contributed by atoms with Crippen molar-refractivity contribution in [2.75, 3.05) is 12.4 Å². The molecule has 0 bridgehead atoms. The number of amides is 1. The van der Waals surface area contributed by atoms with Crippen LogP contribution in [0.5, 0.6) is 11.5 Å². The van der Waals surface area contributed by atoms with Gasteiger partial charge in [0.1, 0.15) is 17.7 Å². The lowest BCUT2D eigenvalue weighted by Gasteiger charge is -2.15. The highest BCUT2D eigenvalue weighted by atomic mass is 35.5. The van der Waals surface area contributed by atoms with E-state index in [-0.39, 0.29) is 5.56 Å². The monoisotopic (exact) mass is 470 g/mol. The quantitative estimate of drug-likeness (QED) is 0.463. The minimum Gasteiger partial charge on any atom is -0.493 e. The molecule has 0 spiro atoms. The molecule has 2 aromatic carbocycles. The van der Waals surface area contributed by atoms with E-state index >= 15 is 0 Å². The molecule has 3 aromatic rings. The van der Waals surface area contributed by atoms with Crippen molar-refractivity contribution in [2.24, 2.45) is 0 Å². The Balaban J connectivity index is 1.62. The summed E-state index contributed by atoms with van der Waals surface area (Å²) < 4.78 is 16.4. The highest BCUT2D eigenvalue weighted by Gasteiger charge is 2.21. The predicted molar refractivity (Wildman–Crippen MR) is 121 cm³/mol. The van der Waals surface area contributed by atoms with Gasteiger partial charge in [0.2, 0.25) is 0 Å². The molecule has 164 valence electrons. The summed E-state index contributed by atoms with van der Waals surface area (Å²) in [7, 11) is 1.46. The molecule has 1 N–H and O–H groups in total. The van der Waals surface area contributed by atoms with Crippen LogP contribution in [-0.4, -0.2) is 25.1 Å². The Morgan fingerprint density at radius 2 is 1.91 bits per heavy atom. The second-order valence-electron chi connectivity index (χ2n) is 6.59. The third-order valence-electron chi connectivity index (χ3n) is 4.38. The van der Waals surface area contributed by atoms with Crippen LogP contribution in [0.4, 0.5) is 5.00 Å². The molecule has 1 unspecified atom stereocenters. The summed E-state index contributed by atoms with van der Waals surface area (Å²) in [4.78, 5) is 24.8. The third-order valence-corrected chi connectivity index (χ3v) is 5.46. The van der Waals surface area contributed by atoms with Crippen molar-refractivity contribution in [3.63, 3.8) is 0 Å². The van der Waals surface area contributed by atoms with Gasteiger partial charge in [0.05, 0.1) is 18.2 Å². The maximum atomic E-state index is 12.5. The Labute approximate surface area is 194 Å². The molecule has 3 rings (SSSR count). The molecule has 1 atom stereocenters. The molecule has 0 saturated carbocycles. The summed E-state index contributed by atoms with van der Waals surface area (Å²) in [5.41, 5.74) is 1.47. The second kappa shape index (κ2) is 10.7. The number of ether oxygens (including phenoxy) is 3. The van der Waals surface area contributed by atoms with Crippen LogP contribution >= 0.6 is 22.9 Å². The van der Waals surface area contributed by atoms with Crippen molar-refractivity contribution in [1.29, 1.82) is 5.26 Å². The van der Waals surface area contributed by atoms with E-state index in [1.807, 2.05) is 18.2 Å². The Morgan fingerprint density at radius 1 is 1.16 bits per heavy atom. The SMILES string of the molecule is COc1cc(C(=O)OC(C)C(=O)Nc2sccc2C#N)ccc1OCc1ccc(Cl)cc1. The molecule has 0 radical (unpaired) electrons. The normalized spacial score (nSPS) is 11.2. The average Bonchev–Trinajstić information content (AvgIpc) is 3.25. The molecule has 0 aliphatic rings. The zero-order valence-corrected chi connectivity index (χ0v) is 18.8. The van der Waals surface area contributed by atoms with E-state index in [0.29, 0.717) is 33.7 Å². The van der Waals surface area contributed by atoms with E-state index in [2.05, 4.69) is 5.32 Å². The van der Waals surface area contributed by atoms with Gasteiger partial charge in [0.15, 0.2) is 17.6 Å². The molecular weight excluding hydrogens is 452 g/mol. The fraction of sp³-hybridized carbons (Fsp3) is 0.174. The van der Waals surface area contributed by atoms with Crippen LogP contribution in [0.3, 0.4) is 0 Å². The number of anilines is 1. The predicted octanol–water partition coefficient (Wildman–Crippen LogP) is 5.04. The lowest BCUT2D eigenvalue weighted by molar-refractivity contribution is -0.123. The van der Waals surface area contributed by atoms with Gasteiger partial charge in [-0.25, -0.2) is 4.79 Å². The van der Waals surface area contributed by atoms with Gasteiger partial charge in [-0.15, -0.1) is 11.3 Å². The number of esters is 1. The number of hydrogen-bond acceptors (Lipinski definition) is 7. The van der Waals surface area contributed by atoms with Crippen molar-refractivity contribution in [3.05, 3.63) is 75.6 Å². The van der Waals surface area contributed by atoms with Gasteiger partial charge in [-0.05, 0) is 54.3 Å². The fourth-order valence-corrected chi connectivity index (χ4v) is 3.51. The number of carbonyl (C=O) groups is 2. The number of hydrogen-bond donors (Lipinski definition) is 1. The van der Waals surface area contributed by atoms with Crippen molar-refractivity contribution in [1.82, 2.24) is 0 Å². The highest BCUT2D eigenvalue weighted by molar-refractivity contribution is 7.14. The molecule has 1 amide bonds. The molecular formula is C23H19ClN2O5S. The van der Waals surface area contributed by atoms with Gasteiger partial charge in [-0.1, -0.05) is 23.7 Å². The van der Waals surface area contributed by atoms with Crippen molar-refractivity contribution >= 4 is 39.8 Å². The van der Waals surface area contributed by atoms with Gasteiger partial charge in [0, 0.05) is 5.02 Å². The van der Waals surface area contributed by atoms with Crippen molar-refractivity contribution < 1.29 is 23.8 Å². The van der Waals surface area contributed by atoms with Crippen LogP contribution in [0.25, 0.3) is 0 Å². The van der Waals surface area contributed by atoms with E-state index in [0.717, 1.165) is 5.56 Å². The largest absolute Gasteiger partial charge is 0.493 e. The maximum absolute atomic E-state index is 12.5. The molecule has 0 saturated heterocycles. The van der Waals surface area contributed by atoms with E-state index in [1.165, 1.54) is 37.5 Å². The molecule has 0 aliphatic carbocycles. The first-order valence-corrected chi connectivity index (χ1v) is 10.7. The minimum absolute atomic E-state index is 0.203. The van der Waals surface area contributed by atoms with E-state index in [4.69, 9.17) is 31.1 Å². The van der Waals surface area contributed by atoms with E-state index in [1.54, 1.807) is 29.6 Å². The number of rotatable bonds is 8. The Hall–Kier alpha value is -3.54. The van der Waals surface area contributed by atoms with Crippen LogP contribution < -0.4 is 14.8 Å². The number of methoxy groups -OCH3 is 1. The van der Waals surface area contributed by atoms with E-state index in [9.17, 15) is 9.59 Å². The number of nitrogens with zero attached hydrogens (tertiary/aromatic N) is 1. The smallest absolute Gasteiger partial charge is 0.339 e. The van der Waals surface area contributed by atoms with E-state index < -0.39 is 18.0 Å². The lowest BCUT2D eigenvalue weighted by atomic mass is 10.2. The Kier molecular flexibility index (Phi) is 7.71. The first-order valence-electron chi connectivity index (χ1n) is 9.46. The first-order chi connectivity index (χ1) is 15.4. The van der Waals surface area contributed by atoms with Crippen molar-refractivity contribution in [2.45, 2.75) is 19.6 Å². The number of nitriles is 1. The topological polar surface area (TPSA) is 97.6 Å². The summed E-state index contributed by atoms with van der Waals surface area (Å²) >= 11 is 7.10. The number of carbonyl (C=O) groups excluding carboxylic acids is 2. The minimum atomic E-state index is -1.07. The van der Waals surface area contributed by atoms with Gasteiger partial charge >= 0.3 is 5.97 Å². The van der Waals surface area contributed by atoms with Gasteiger partial charge in [-0.2, -0.15) is 5.26 Å². The van der Waals surface area contributed by atoms with Gasteiger partial charge in [0.25, 0.3) is 5.91 Å². The third kappa shape index (κ3) is 5.78. The number of thiophene rings is 1. The average molecular weight is 471 g/mol. The summed E-state index contributed by atoms with van der Waals surface area (Å²) in [5.74, 6) is -0.427. The molecule has 9 heteroatoms. The van der Waals surface area contributed by atoms with Crippen LogP contribution in [0.15, 0.2) is 53.9 Å². The summed E-state index contributed by atoms with van der Waals surface area (Å²) in [6.07, 6.45) is -1.07. The number of nitrogens with one attached hydrogen (secondary N) is 1. The molecule has 1 heterocycles. The van der Waals surface area contributed by atoms with Crippen molar-refractivity contribution in [3.8, 4) is 17.6 Å². The highest BCUT2D eigenvalue weighted by Crippen LogP contribution is 2.29. The van der Waals surface area contributed by atoms with Crippen LogP contribution in [0, 0.1) is 11.3 Å². The molecule has 1 aromatic heterocycles. The maximum Gasteiger partial charge on any atom is 0.339 e. The van der Waals surface area contributed by atoms with Crippen LogP contribution in [0.1, 0.15) is 28.4 Å². The number of benzene rings is 2. The van der Waals surface area contributed by atoms with Gasteiger partial charge < -0.3 is 19.5 Å². The fourth-order valence-electron chi connectivity index (χ4n) is 2.65. The van der Waals surface area contributed by atoms with Crippen LogP contribution in [-0.2, 0) is 16.1 Å².